The minimum atomic E-state index is -0.833. The number of rotatable bonds is 2. The number of carbonyl (C=O) groups excluding carboxylic acids is 1. The number of hydrogen-bond acceptors (Lipinski definition) is 3. The van der Waals surface area contributed by atoms with Crippen LogP contribution in [0.2, 0.25) is 0 Å². The molecule has 1 rings (SSSR count). The smallest absolute Gasteiger partial charge is 0.300 e. The number of nitrogens with one attached hydrogen (secondary N) is 1. The van der Waals surface area contributed by atoms with Crippen molar-refractivity contribution in [2.24, 2.45) is 11.7 Å². The fraction of sp³-hybridized carbons (Fsp3) is 0.600. The van der Waals surface area contributed by atoms with Crippen molar-refractivity contribution >= 4 is 11.9 Å². The summed E-state index contributed by atoms with van der Waals surface area (Å²) in [6, 6.07) is 0. The van der Waals surface area contributed by atoms with Gasteiger partial charge in [0.2, 0.25) is 5.91 Å². The van der Waals surface area contributed by atoms with Crippen molar-refractivity contribution in [2.75, 3.05) is 13.1 Å². The van der Waals surface area contributed by atoms with Gasteiger partial charge < -0.3 is 16.2 Å². The normalized spacial score (nSPS) is 16.9. The first kappa shape index (κ1) is 13.6. The van der Waals surface area contributed by atoms with E-state index >= 15 is 0 Å². The fourth-order valence-corrected chi connectivity index (χ4v) is 1.27. The maximum atomic E-state index is 10.4. The quantitative estimate of drug-likeness (QED) is 0.569. The maximum absolute atomic E-state index is 10.4. The molecule has 5 nitrogen and oxygen atoms in total. The number of aliphatic carboxylic acids is 1. The van der Waals surface area contributed by atoms with Gasteiger partial charge in [0.25, 0.3) is 5.97 Å². The zero-order valence-corrected chi connectivity index (χ0v) is 8.90. The van der Waals surface area contributed by atoms with E-state index in [9.17, 15) is 4.79 Å². The summed E-state index contributed by atoms with van der Waals surface area (Å²) in [6.45, 7) is 3.18. The molecule has 0 aromatic carbocycles. The molecule has 5 heteroatoms. The van der Waals surface area contributed by atoms with Crippen LogP contribution in [0.5, 0.6) is 0 Å². The van der Waals surface area contributed by atoms with Gasteiger partial charge in [-0.1, -0.05) is 6.08 Å². The van der Waals surface area contributed by atoms with Crippen LogP contribution < -0.4 is 11.1 Å². The van der Waals surface area contributed by atoms with Crippen LogP contribution in [-0.2, 0) is 9.59 Å². The summed E-state index contributed by atoms with van der Waals surface area (Å²) in [5, 5.41) is 10.7. The third-order valence-corrected chi connectivity index (χ3v) is 1.92. The predicted octanol–water partition coefficient (Wildman–Crippen LogP) is 0.118. The minimum Gasteiger partial charge on any atom is -0.481 e. The third kappa shape index (κ3) is 10.6. The van der Waals surface area contributed by atoms with E-state index in [1.807, 2.05) is 6.08 Å². The largest absolute Gasteiger partial charge is 0.481 e. The van der Waals surface area contributed by atoms with E-state index < -0.39 is 5.97 Å². The lowest BCUT2D eigenvalue weighted by atomic mass is 9.98. The Morgan fingerprint density at radius 1 is 1.40 bits per heavy atom. The van der Waals surface area contributed by atoms with Gasteiger partial charge in [0.15, 0.2) is 0 Å². The number of amides is 1. The minimum absolute atomic E-state index is 0.344. The topological polar surface area (TPSA) is 92.4 Å². The Morgan fingerprint density at radius 3 is 2.27 bits per heavy atom. The van der Waals surface area contributed by atoms with Crippen LogP contribution in [-0.4, -0.2) is 30.1 Å². The van der Waals surface area contributed by atoms with Crippen LogP contribution in [0.25, 0.3) is 0 Å². The Labute approximate surface area is 89.3 Å². The lowest BCUT2D eigenvalue weighted by molar-refractivity contribution is -0.134. The molecule has 15 heavy (non-hydrogen) atoms. The van der Waals surface area contributed by atoms with Crippen molar-refractivity contribution in [3.8, 4) is 0 Å². The van der Waals surface area contributed by atoms with E-state index in [1.54, 1.807) is 0 Å². The molecule has 0 aromatic rings. The van der Waals surface area contributed by atoms with Crippen LogP contribution in [0.4, 0.5) is 0 Å². The molecule has 1 aliphatic rings. The number of allylic oxidation sites excluding steroid dienone is 1. The lowest BCUT2D eigenvalue weighted by Gasteiger charge is -2.18. The summed E-state index contributed by atoms with van der Waals surface area (Å²) >= 11 is 0. The first-order valence-corrected chi connectivity index (χ1v) is 4.90. The Balaban J connectivity index is 0.000000423. The van der Waals surface area contributed by atoms with Crippen molar-refractivity contribution in [1.29, 1.82) is 0 Å². The van der Waals surface area contributed by atoms with Crippen molar-refractivity contribution in [3.05, 3.63) is 12.2 Å². The van der Waals surface area contributed by atoms with E-state index in [0.717, 1.165) is 32.9 Å². The van der Waals surface area contributed by atoms with Crippen molar-refractivity contribution in [1.82, 2.24) is 5.32 Å². The number of hydrogen-bond donors (Lipinski definition) is 3. The highest BCUT2D eigenvalue weighted by Gasteiger charge is 2.08. The molecule has 0 aromatic heterocycles. The van der Waals surface area contributed by atoms with Gasteiger partial charge in [0.05, 0.1) is 0 Å². The van der Waals surface area contributed by atoms with Gasteiger partial charge in [-0.2, -0.15) is 0 Å². The highest BCUT2D eigenvalue weighted by Crippen LogP contribution is 2.12. The fourth-order valence-electron chi connectivity index (χ4n) is 1.27. The Bertz CT molecular complexity index is 229. The van der Waals surface area contributed by atoms with Gasteiger partial charge in [-0.25, -0.2) is 0 Å². The molecule has 4 N–H and O–H groups in total. The van der Waals surface area contributed by atoms with E-state index in [1.165, 1.54) is 6.08 Å². The van der Waals surface area contributed by atoms with E-state index in [2.05, 4.69) is 5.32 Å². The number of piperidine rings is 1. The second-order valence-corrected chi connectivity index (χ2v) is 3.37. The average Bonchev–Trinajstić information content (AvgIpc) is 2.15. The second-order valence-electron chi connectivity index (χ2n) is 3.37. The highest BCUT2D eigenvalue weighted by molar-refractivity contribution is 5.85. The van der Waals surface area contributed by atoms with Crippen LogP contribution in [0.15, 0.2) is 12.2 Å². The Morgan fingerprint density at radius 2 is 1.87 bits per heavy atom. The first-order valence-electron chi connectivity index (χ1n) is 4.90. The van der Waals surface area contributed by atoms with E-state index in [4.69, 9.17) is 15.6 Å². The molecule has 0 unspecified atom stereocenters. The van der Waals surface area contributed by atoms with Gasteiger partial charge >= 0.3 is 0 Å². The van der Waals surface area contributed by atoms with Crippen molar-refractivity contribution < 1.29 is 14.7 Å². The Hall–Kier alpha value is -1.36. The van der Waals surface area contributed by atoms with Gasteiger partial charge in [-0.3, -0.25) is 9.59 Å². The zero-order chi connectivity index (χ0) is 11.7. The van der Waals surface area contributed by atoms with Crippen LogP contribution >= 0.6 is 0 Å². The molecular weight excluding hydrogens is 196 g/mol. The number of nitrogens with two attached hydrogens (primary N) is 1. The van der Waals surface area contributed by atoms with Crippen LogP contribution in [0.3, 0.4) is 0 Å². The molecule has 0 spiro atoms. The van der Waals surface area contributed by atoms with Crippen molar-refractivity contribution in [2.45, 2.75) is 19.8 Å². The third-order valence-electron chi connectivity index (χ3n) is 1.92. The standard InChI is InChI=1S/C8H14N2O.C2H4O2/c9-8(11)2-1-7-3-5-10-6-4-7;1-2(3)4/h1-2,7,10H,3-6H2,(H2,9,11);1H3,(H,3,4). The molecule has 1 saturated heterocycles. The maximum Gasteiger partial charge on any atom is 0.300 e. The molecule has 1 aliphatic heterocycles. The second kappa shape index (κ2) is 7.99. The SMILES string of the molecule is CC(=O)O.NC(=O)C=CC1CCNCC1. The molecule has 0 radical (unpaired) electrons. The molecule has 1 heterocycles. The molecule has 1 amide bonds. The first-order chi connectivity index (χ1) is 7.02. The summed E-state index contributed by atoms with van der Waals surface area (Å²) in [6.07, 6.45) is 5.62. The Kier molecular flexibility index (Phi) is 7.27. The molecule has 0 aliphatic carbocycles. The van der Waals surface area contributed by atoms with Gasteiger partial charge in [-0.15, -0.1) is 0 Å². The monoisotopic (exact) mass is 214 g/mol. The molecule has 0 bridgehead atoms. The van der Waals surface area contributed by atoms with Gasteiger partial charge in [-0.05, 0) is 37.9 Å². The predicted molar refractivity (Wildman–Crippen MR) is 57.2 cm³/mol. The van der Waals surface area contributed by atoms with E-state index in [0.29, 0.717) is 5.92 Å². The molecular formula is C10H18N2O3. The number of carboxylic acids is 1. The molecule has 0 saturated carbocycles. The zero-order valence-electron chi connectivity index (χ0n) is 8.90. The van der Waals surface area contributed by atoms with Gasteiger partial charge in [0, 0.05) is 6.92 Å². The summed E-state index contributed by atoms with van der Waals surface area (Å²) in [7, 11) is 0. The number of carbonyl (C=O) groups is 2. The van der Waals surface area contributed by atoms with E-state index in [-0.39, 0.29) is 5.91 Å². The molecule has 1 fully saturated rings. The number of primary amides is 1. The van der Waals surface area contributed by atoms with Crippen molar-refractivity contribution in [3.63, 3.8) is 0 Å². The lowest BCUT2D eigenvalue weighted by Crippen LogP contribution is -2.26. The van der Waals surface area contributed by atoms with Crippen LogP contribution in [0, 0.1) is 5.92 Å². The number of carboxylic acid groups (broad SMARTS) is 1. The summed E-state index contributed by atoms with van der Waals surface area (Å²) in [5.41, 5.74) is 4.97. The highest BCUT2D eigenvalue weighted by atomic mass is 16.4. The van der Waals surface area contributed by atoms with Gasteiger partial charge in [0.1, 0.15) is 0 Å². The average molecular weight is 214 g/mol. The molecule has 86 valence electrons. The summed E-state index contributed by atoms with van der Waals surface area (Å²) in [4.78, 5) is 19.4. The summed E-state index contributed by atoms with van der Waals surface area (Å²) in [5.74, 6) is -0.632. The van der Waals surface area contributed by atoms with Crippen LogP contribution in [0.1, 0.15) is 19.8 Å². The molecule has 0 atom stereocenters. The summed E-state index contributed by atoms with van der Waals surface area (Å²) < 4.78 is 0.